The molecular formula is C22H25N5O4. The number of esters is 1. The summed E-state index contributed by atoms with van der Waals surface area (Å²) in [6.07, 6.45) is 3.40. The Labute approximate surface area is 179 Å². The number of piperazine rings is 1. The lowest BCUT2D eigenvalue weighted by Crippen LogP contribution is -2.50. The van der Waals surface area contributed by atoms with Crippen LogP contribution in [0, 0.1) is 0 Å². The first-order valence-electron chi connectivity index (χ1n) is 10.3. The average Bonchev–Trinajstić information content (AvgIpc) is 3.10. The fourth-order valence-electron chi connectivity index (χ4n) is 3.80. The number of aryl methyl sites for hydroxylation is 1. The Morgan fingerprint density at radius 3 is 2.45 bits per heavy atom. The van der Waals surface area contributed by atoms with Gasteiger partial charge in [0.1, 0.15) is 5.69 Å². The molecule has 1 aromatic carbocycles. The molecule has 0 spiro atoms. The van der Waals surface area contributed by atoms with Gasteiger partial charge in [0, 0.05) is 45.6 Å². The standard InChI is InChI=1S/C22H25N5O4/c1-3-31-19(28)15-25-9-11-26(12-10-25)21(29)17-13-24(2)14-18-20(17)23-27(22(18)30)16-7-5-4-6-8-16/h4-8,13-14H,3,9-12,15H2,1-2H3. The second-order valence-corrected chi connectivity index (χ2v) is 7.53. The highest BCUT2D eigenvalue weighted by atomic mass is 16.5. The highest BCUT2D eigenvalue weighted by molar-refractivity contribution is 6.00. The van der Waals surface area contributed by atoms with Crippen LogP contribution in [-0.4, -0.2) is 75.4 Å². The smallest absolute Gasteiger partial charge is 0.320 e. The van der Waals surface area contributed by atoms with Crippen molar-refractivity contribution in [2.24, 2.45) is 7.05 Å². The molecule has 9 heteroatoms. The zero-order chi connectivity index (χ0) is 22.0. The minimum absolute atomic E-state index is 0.172. The van der Waals surface area contributed by atoms with E-state index in [2.05, 4.69) is 5.10 Å². The van der Waals surface area contributed by atoms with Crippen molar-refractivity contribution in [1.82, 2.24) is 24.1 Å². The molecule has 1 saturated heterocycles. The molecule has 0 N–H and O–H groups in total. The molecule has 0 aromatic heterocycles. The normalized spacial score (nSPS) is 14.7. The van der Waals surface area contributed by atoms with E-state index in [1.165, 1.54) is 4.68 Å². The highest BCUT2D eigenvalue weighted by Crippen LogP contribution is 2.23. The van der Waals surface area contributed by atoms with Crippen molar-refractivity contribution in [3.05, 3.63) is 58.6 Å². The quantitative estimate of drug-likeness (QED) is 0.569. The van der Waals surface area contributed by atoms with Gasteiger partial charge in [-0.3, -0.25) is 19.3 Å². The molecule has 3 aliphatic heterocycles. The summed E-state index contributed by atoms with van der Waals surface area (Å²) in [5.74, 6) is -0.428. The molecular weight excluding hydrogens is 398 g/mol. The van der Waals surface area contributed by atoms with Crippen LogP contribution in [0.4, 0.5) is 0 Å². The summed E-state index contributed by atoms with van der Waals surface area (Å²) in [6, 6.07) is 9.15. The van der Waals surface area contributed by atoms with Crippen LogP contribution in [0.15, 0.2) is 47.5 Å². The Morgan fingerprint density at radius 1 is 1.06 bits per heavy atom. The Bertz CT molecular complexity index is 1110. The number of carbonyl (C=O) groups is 2. The Balaban J connectivity index is 1.58. The number of pyridine rings is 1. The predicted octanol–water partition coefficient (Wildman–Crippen LogP) is 0.997. The number of benzene rings is 1. The molecule has 3 aliphatic rings. The van der Waals surface area contributed by atoms with Gasteiger partial charge in [0.05, 0.1) is 30.0 Å². The summed E-state index contributed by atoms with van der Waals surface area (Å²) in [5.41, 5.74) is 1.58. The van der Waals surface area contributed by atoms with E-state index in [1.807, 2.05) is 23.1 Å². The van der Waals surface area contributed by atoms with E-state index in [-0.39, 0.29) is 24.0 Å². The molecule has 1 amide bonds. The van der Waals surface area contributed by atoms with Gasteiger partial charge >= 0.3 is 5.97 Å². The van der Waals surface area contributed by atoms with Crippen LogP contribution in [-0.2, 0) is 16.6 Å². The lowest BCUT2D eigenvalue weighted by Gasteiger charge is -2.34. The number of para-hydroxylation sites is 1. The van der Waals surface area contributed by atoms with E-state index in [0.29, 0.717) is 55.3 Å². The number of nitrogens with zero attached hydrogens (tertiary/aromatic N) is 5. The molecule has 0 radical (unpaired) electrons. The fraction of sp³-hybridized carbons (Fsp3) is 0.364. The van der Waals surface area contributed by atoms with Crippen LogP contribution in [0.1, 0.15) is 17.3 Å². The van der Waals surface area contributed by atoms with Crippen molar-refractivity contribution in [2.75, 3.05) is 39.3 Å². The van der Waals surface area contributed by atoms with Gasteiger partial charge in [0.25, 0.3) is 11.5 Å². The fourth-order valence-corrected chi connectivity index (χ4v) is 3.80. The van der Waals surface area contributed by atoms with Gasteiger partial charge in [0.15, 0.2) is 0 Å². The topological polar surface area (TPSA) is 89.7 Å². The molecule has 0 atom stereocenters. The zero-order valence-corrected chi connectivity index (χ0v) is 17.7. The number of rotatable bonds is 5. The summed E-state index contributed by atoms with van der Waals surface area (Å²) in [6.45, 7) is 4.50. The third-order valence-corrected chi connectivity index (χ3v) is 5.35. The monoisotopic (exact) mass is 423 g/mol. The zero-order valence-electron chi connectivity index (χ0n) is 17.7. The molecule has 0 bridgehead atoms. The van der Waals surface area contributed by atoms with Crippen molar-refractivity contribution in [2.45, 2.75) is 6.92 Å². The van der Waals surface area contributed by atoms with E-state index in [1.54, 1.807) is 48.0 Å². The van der Waals surface area contributed by atoms with Crippen molar-refractivity contribution >= 4 is 11.9 Å². The molecule has 1 fully saturated rings. The van der Waals surface area contributed by atoms with E-state index in [0.717, 1.165) is 0 Å². The maximum absolute atomic E-state index is 13.3. The Morgan fingerprint density at radius 2 is 1.77 bits per heavy atom. The first-order chi connectivity index (χ1) is 15.0. The summed E-state index contributed by atoms with van der Waals surface area (Å²) in [4.78, 5) is 41.7. The van der Waals surface area contributed by atoms with Gasteiger partial charge in [-0.25, -0.2) is 0 Å². The average molecular weight is 423 g/mol. The maximum Gasteiger partial charge on any atom is 0.320 e. The van der Waals surface area contributed by atoms with Gasteiger partial charge in [-0.05, 0) is 19.1 Å². The minimum Gasteiger partial charge on any atom is -0.465 e. The molecule has 162 valence electrons. The first-order valence-corrected chi connectivity index (χ1v) is 10.3. The second kappa shape index (κ2) is 8.73. The SMILES string of the molecule is CCOC(=O)CN1CCN(C(=O)c2cn(C)cc3c(=O)n(-c4ccccc4)nc2-3)CC1. The van der Waals surface area contributed by atoms with Gasteiger partial charge in [0.2, 0.25) is 0 Å². The number of hydrogen-bond acceptors (Lipinski definition) is 6. The number of amides is 1. The molecule has 4 rings (SSSR count). The molecule has 0 unspecified atom stereocenters. The second-order valence-electron chi connectivity index (χ2n) is 7.53. The Hall–Kier alpha value is -3.46. The molecule has 1 aromatic rings. The van der Waals surface area contributed by atoms with Crippen LogP contribution in [0.3, 0.4) is 0 Å². The molecule has 3 heterocycles. The van der Waals surface area contributed by atoms with E-state index < -0.39 is 0 Å². The van der Waals surface area contributed by atoms with Crippen LogP contribution < -0.4 is 5.56 Å². The van der Waals surface area contributed by atoms with Gasteiger partial charge in [-0.1, -0.05) is 18.2 Å². The van der Waals surface area contributed by atoms with E-state index in [9.17, 15) is 14.4 Å². The number of carbonyl (C=O) groups excluding carboxylic acids is 2. The summed E-state index contributed by atoms with van der Waals surface area (Å²) in [5, 5.41) is 4.49. The lowest BCUT2D eigenvalue weighted by molar-refractivity contribution is -0.144. The molecule has 31 heavy (non-hydrogen) atoms. The number of aromatic nitrogens is 3. The summed E-state index contributed by atoms with van der Waals surface area (Å²) in [7, 11) is 1.78. The van der Waals surface area contributed by atoms with Crippen molar-refractivity contribution in [3.8, 4) is 16.9 Å². The number of hydrogen-bond donors (Lipinski definition) is 0. The minimum atomic E-state index is -0.259. The lowest BCUT2D eigenvalue weighted by atomic mass is 10.1. The number of fused-ring (bicyclic) bond motifs is 1. The van der Waals surface area contributed by atoms with E-state index in [4.69, 9.17) is 4.74 Å². The molecule has 0 saturated carbocycles. The summed E-state index contributed by atoms with van der Waals surface area (Å²) < 4.78 is 8.04. The number of ether oxygens (including phenoxy) is 1. The third kappa shape index (κ3) is 4.22. The van der Waals surface area contributed by atoms with Crippen LogP contribution in [0.5, 0.6) is 0 Å². The third-order valence-electron chi connectivity index (χ3n) is 5.35. The van der Waals surface area contributed by atoms with Crippen LogP contribution in [0.25, 0.3) is 16.9 Å². The first kappa shape index (κ1) is 20.8. The van der Waals surface area contributed by atoms with Gasteiger partial charge < -0.3 is 14.2 Å². The van der Waals surface area contributed by atoms with E-state index >= 15 is 0 Å². The highest BCUT2D eigenvalue weighted by Gasteiger charge is 2.29. The van der Waals surface area contributed by atoms with Crippen LogP contribution >= 0.6 is 0 Å². The van der Waals surface area contributed by atoms with Gasteiger partial charge in [-0.15, -0.1) is 0 Å². The van der Waals surface area contributed by atoms with Crippen molar-refractivity contribution < 1.29 is 14.3 Å². The van der Waals surface area contributed by atoms with Crippen LogP contribution in [0.2, 0.25) is 0 Å². The molecule has 9 nitrogen and oxygen atoms in total. The predicted molar refractivity (Wildman–Crippen MR) is 114 cm³/mol. The Kier molecular flexibility index (Phi) is 5.85. The summed E-state index contributed by atoms with van der Waals surface area (Å²) >= 11 is 0. The van der Waals surface area contributed by atoms with Crippen molar-refractivity contribution in [1.29, 1.82) is 0 Å². The molecule has 0 aliphatic carbocycles. The van der Waals surface area contributed by atoms with Crippen molar-refractivity contribution in [3.63, 3.8) is 0 Å². The maximum atomic E-state index is 13.3. The van der Waals surface area contributed by atoms with Gasteiger partial charge in [-0.2, -0.15) is 9.78 Å². The largest absolute Gasteiger partial charge is 0.465 e.